The van der Waals surface area contributed by atoms with Crippen molar-refractivity contribution >= 4 is 22.9 Å². The molecule has 2 fully saturated rings. The lowest BCUT2D eigenvalue weighted by Gasteiger charge is -2.34. The molecule has 2 aromatic heterocycles. The van der Waals surface area contributed by atoms with Crippen molar-refractivity contribution < 1.29 is 4.42 Å². The molecule has 1 saturated heterocycles. The van der Waals surface area contributed by atoms with Gasteiger partial charge in [0.05, 0.1) is 0 Å². The van der Waals surface area contributed by atoms with E-state index >= 15 is 0 Å². The highest BCUT2D eigenvalue weighted by Gasteiger charge is 2.27. The first-order chi connectivity index (χ1) is 12.3. The van der Waals surface area contributed by atoms with Crippen molar-refractivity contribution in [1.29, 1.82) is 0 Å². The van der Waals surface area contributed by atoms with Crippen LogP contribution in [-0.2, 0) is 0 Å². The van der Waals surface area contributed by atoms with Gasteiger partial charge in [0.2, 0.25) is 0 Å². The number of nitrogens with zero attached hydrogens (tertiary/aromatic N) is 5. The number of aryl methyl sites for hydroxylation is 1. The zero-order valence-electron chi connectivity index (χ0n) is 14.4. The van der Waals surface area contributed by atoms with Gasteiger partial charge in [-0.05, 0) is 31.9 Å². The third-order valence-corrected chi connectivity index (χ3v) is 5.00. The van der Waals surface area contributed by atoms with Crippen LogP contribution in [0.3, 0.4) is 0 Å². The minimum absolute atomic E-state index is 0.654. The summed E-state index contributed by atoms with van der Waals surface area (Å²) in [5.41, 5.74) is 2.98. The number of hydrogen-bond donors (Lipinski definition) is 0. The molecule has 0 spiro atoms. The lowest BCUT2D eigenvalue weighted by atomic mass is 10.2. The summed E-state index contributed by atoms with van der Waals surface area (Å²) in [4.78, 5) is 18.4. The van der Waals surface area contributed by atoms with Crippen molar-refractivity contribution in [1.82, 2.24) is 15.0 Å². The first-order valence-electron chi connectivity index (χ1n) is 8.97. The van der Waals surface area contributed by atoms with Gasteiger partial charge in [-0.3, -0.25) is 0 Å². The van der Waals surface area contributed by atoms with Crippen molar-refractivity contribution in [3.63, 3.8) is 0 Å². The van der Waals surface area contributed by atoms with Gasteiger partial charge in [-0.1, -0.05) is 12.1 Å². The lowest BCUT2D eigenvalue weighted by molar-refractivity contribution is 0.540. The Morgan fingerprint density at radius 3 is 2.48 bits per heavy atom. The average molecular weight is 335 g/mol. The normalized spacial score (nSPS) is 18.1. The van der Waals surface area contributed by atoms with E-state index in [0.29, 0.717) is 5.92 Å². The molecule has 2 aliphatic rings. The van der Waals surface area contributed by atoms with Crippen molar-refractivity contribution in [2.45, 2.75) is 25.7 Å². The van der Waals surface area contributed by atoms with Gasteiger partial charge in [0.1, 0.15) is 17.2 Å². The number of hydrogen-bond acceptors (Lipinski definition) is 6. The second-order valence-electron chi connectivity index (χ2n) is 6.91. The number of fused-ring (bicyclic) bond motifs is 1. The number of benzene rings is 1. The highest BCUT2D eigenvalue weighted by Crippen LogP contribution is 2.39. The number of oxazole rings is 1. The van der Waals surface area contributed by atoms with E-state index < -0.39 is 0 Å². The van der Waals surface area contributed by atoms with Gasteiger partial charge in [-0.2, -0.15) is 4.98 Å². The quantitative estimate of drug-likeness (QED) is 0.733. The molecule has 3 heterocycles. The molecule has 1 aromatic carbocycles. The molecule has 25 heavy (non-hydrogen) atoms. The highest BCUT2D eigenvalue weighted by molar-refractivity contribution is 5.74. The Hall–Kier alpha value is -2.63. The third-order valence-electron chi connectivity index (χ3n) is 5.00. The molecule has 0 atom stereocenters. The Bertz CT molecular complexity index is 876. The maximum atomic E-state index is 5.90. The van der Waals surface area contributed by atoms with Crippen LogP contribution < -0.4 is 9.80 Å². The minimum Gasteiger partial charge on any atom is -0.423 e. The van der Waals surface area contributed by atoms with E-state index in [2.05, 4.69) is 30.8 Å². The van der Waals surface area contributed by atoms with Crippen LogP contribution in [0.5, 0.6) is 0 Å². The number of rotatable bonds is 3. The Labute approximate surface area is 146 Å². The van der Waals surface area contributed by atoms with Crippen molar-refractivity contribution in [2.75, 3.05) is 36.0 Å². The molecule has 128 valence electrons. The predicted molar refractivity (Wildman–Crippen MR) is 97.2 cm³/mol. The SMILES string of the molecule is Cc1nc(C2CC2)cc(N2CCN(c3nc4ccccc4o3)CC2)n1. The van der Waals surface area contributed by atoms with E-state index in [1.807, 2.05) is 31.2 Å². The standard InChI is InChI=1S/C19H21N5O/c1-13-20-16(14-6-7-14)12-18(21-13)23-8-10-24(11-9-23)19-22-15-4-2-3-5-17(15)25-19/h2-5,12,14H,6-11H2,1H3. The van der Waals surface area contributed by atoms with Crippen LogP contribution in [0.2, 0.25) is 0 Å². The molecule has 3 aromatic rings. The van der Waals surface area contributed by atoms with E-state index in [0.717, 1.165) is 54.9 Å². The second kappa shape index (κ2) is 5.72. The molecule has 0 radical (unpaired) electrons. The Morgan fingerprint density at radius 1 is 0.960 bits per heavy atom. The van der Waals surface area contributed by atoms with Gasteiger partial charge in [0.15, 0.2) is 5.58 Å². The molecule has 0 unspecified atom stereocenters. The maximum Gasteiger partial charge on any atom is 0.298 e. The largest absolute Gasteiger partial charge is 0.423 e. The number of piperazine rings is 1. The van der Waals surface area contributed by atoms with Gasteiger partial charge in [-0.25, -0.2) is 9.97 Å². The summed E-state index contributed by atoms with van der Waals surface area (Å²) in [6, 6.07) is 10.8. The summed E-state index contributed by atoms with van der Waals surface area (Å²) in [5.74, 6) is 2.59. The Kier molecular flexibility index (Phi) is 3.36. The van der Waals surface area contributed by atoms with Gasteiger partial charge in [0.25, 0.3) is 6.01 Å². The molecular formula is C19H21N5O. The van der Waals surface area contributed by atoms with Crippen molar-refractivity contribution in [3.8, 4) is 0 Å². The van der Waals surface area contributed by atoms with Gasteiger partial charge < -0.3 is 14.2 Å². The Morgan fingerprint density at radius 2 is 1.72 bits per heavy atom. The van der Waals surface area contributed by atoms with Crippen LogP contribution in [0.15, 0.2) is 34.7 Å². The van der Waals surface area contributed by atoms with Gasteiger partial charge in [-0.15, -0.1) is 0 Å². The van der Waals surface area contributed by atoms with Crippen LogP contribution in [-0.4, -0.2) is 41.1 Å². The van der Waals surface area contributed by atoms with E-state index in [1.165, 1.54) is 18.5 Å². The first kappa shape index (κ1) is 14.7. The zero-order chi connectivity index (χ0) is 16.8. The number of anilines is 2. The highest BCUT2D eigenvalue weighted by atomic mass is 16.4. The first-order valence-corrected chi connectivity index (χ1v) is 8.97. The molecule has 5 rings (SSSR count). The molecule has 0 bridgehead atoms. The molecule has 6 heteroatoms. The second-order valence-corrected chi connectivity index (χ2v) is 6.91. The van der Waals surface area contributed by atoms with E-state index in [9.17, 15) is 0 Å². The average Bonchev–Trinajstić information content (AvgIpc) is 3.40. The van der Waals surface area contributed by atoms with E-state index in [-0.39, 0.29) is 0 Å². The van der Waals surface area contributed by atoms with Crippen LogP contribution in [0.4, 0.5) is 11.8 Å². The summed E-state index contributed by atoms with van der Waals surface area (Å²) in [6.45, 7) is 5.59. The lowest BCUT2D eigenvalue weighted by Crippen LogP contribution is -2.47. The summed E-state index contributed by atoms with van der Waals surface area (Å²) in [7, 11) is 0. The minimum atomic E-state index is 0.654. The molecular weight excluding hydrogens is 314 g/mol. The van der Waals surface area contributed by atoms with Crippen LogP contribution in [0.25, 0.3) is 11.1 Å². The van der Waals surface area contributed by atoms with Gasteiger partial charge >= 0.3 is 0 Å². The van der Waals surface area contributed by atoms with E-state index in [1.54, 1.807) is 0 Å². The summed E-state index contributed by atoms with van der Waals surface area (Å²) in [5, 5.41) is 0. The van der Waals surface area contributed by atoms with Crippen LogP contribution >= 0.6 is 0 Å². The fourth-order valence-electron chi connectivity index (χ4n) is 3.45. The van der Waals surface area contributed by atoms with E-state index in [4.69, 9.17) is 4.42 Å². The predicted octanol–water partition coefficient (Wildman–Crippen LogP) is 3.13. The molecule has 1 saturated carbocycles. The topological polar surface area (TPSA) is 58.3 Å². The fourth-order valence-corrected chi connectivity index (χ4v) is 3.45. The van der Waals surface area contributed by atoms with Crippen LogP contribution in [0.1, 0.15) is 30.3 Å². The van der Waals surface area contributed by atoms with Crippen LogP contribution in [0, 0.1) is 6.92 Å². The maximum absolute atomic E-state index is 5.90. The summed E-state index contributed by atoms with van der Waals surface area (Å²) < 4.78 is 5.90. The smallest absolute Gasteiger partial charge is 0.298 e. The summed E-state index contributed by atoms with van der Waals surface area (Å²) >= 11 is 0. The molecule has 0 N–H and O–H groups in total. The number of para-hydroxylation sites is 2. The Balaban J connectivity index is 1.32. The third kappa shape index (κ3) is 2.81. The van der Waals surface area contributed by atoms with Gasteiger partial charge in [0, 0.05) is 43.9 Å². The summed E-state index contributed by atoms with van der Waals surface area (Å²) in [6.07, 6.45) is 2.53. The van der Waals surface area contributed by atoms with Crippen molar-refractivity contribution in [2.24, 2.45) is 0 Å². The monoisotopic (exact) mass is 335 g/mol. The number of aromatic nitrogens is 3. The molecule has 1 aliphatic carbocycles. The molecule has 0 amide bonds. The molecule has 1 aliphatic heterocycles. The van der Waals surface area contributed by atoms with Crippen molar-refractivity contribution in [3.05, 3.63) is 41.9 Å². The molecule has 6 nitrogen and oxygen atoms in total. The zero-order valence-corrected chi connectivity index (χ0v) is 14.4. The fraction of sp³-hybridized carbons (Fsp3) is 0.421.